The van der Waals surface area contributed by atoms with Gasteiger partial charge >= 0.3 is 0 Å². The van der Waals surface area contributed by atoms with E-state index in [1.807, 2.05) is 0 Å². The predicted octanol–water partition coefficient (Wildman–Crippen LogP) is 2.41. The maximum Gasteiger partial charge on any atom is 0.0702 e. The molecule has 0 amide bonds. The lowest BCUT2D eigenvalue weighted by molar-refractivity contribution is 0.0818. The Morgan fingerprint density at radius 3 is 2.47 bits per heavy atom. The quantitative estimate of drug-likeness (QED) is 0.905. The molecule has 0 bridgehead atoms. The summed E-state index contributed by atoms with van der Waals surface area (Å²) in [5.74, 6) is 0. The van der Waals surface area contributed by atoms with Crippen LogP contribution in [-0.2, 0) is 4.74 Å². The SMILES string of the molecule is Cc1cc(C)cc(C(N)CN(C)C2CCOC2C)c1. The van der Waals surface area contributed by atoms with Crippen LogP contribution in [0.4, 0.5) is 0 Å². The van der Waals surface area contributed by atoms with E-state index in [1.54, 1.807) is 0 Å². The van der Waals surface area contributed by atoms with Crippen molar-refractivity contribution in [2.24, 2.45) is 5.73 Å². The van der Waals surface area contributed by atoms with E-state index in [-0.39, 0.29) is 6.04 Å². The van der Waals surface area contributed by atoms with Crippen molar-refractivity contribution in [3.05, 3.63) is 34.9 Å². The molecule has 0 aromatic heterocycles. The van der Waals surface area contributed by atoms with Gasteiger partial charge in [0.25, 0.3) is 0 Å². The molecule has 106 valence electrons. The number of aryl methyl sites for hydroxylation is 2. The number of nitrogens with two attached hydrogens (primary N) is 1. The van der Waals surface area contributed by atoms with E-state index in [0.717, 1.165) is 19.6 Å². The molecule has 0 aliphatic carbocycles. The van der Waals surface area contributed by atoms with Gasteiger partial charge in [-0.3, -0.25) is 4.90 Å². The molecule has 3 unspecified atom stereocenters. The van der Waals surface area contributed by atoms with Gasteiger partial charge in [-0.15, -0.1) is 0 Å². The first kappa shape index (κ1) is 14.5. The number of rotatable bonds is 4. The van der Waals surface area contributed by atoms with E-state index in [4.69, 9.17) is 10.5 Å². The Bertz CT molecular complexity index is 413. The Labute approximate surface area is 116 Å². The summed E-state index contributed by atoms with van der Waals surface area (Å²) in [6.45, 7) is 8.15. The van der Waals surface area contributed by atoms with Crippen molar-refractivity contribution in [1.82, 2.24) is 4.90 Å². The summed E-state index contributed by atoms with van der Waals surface area (Å²) in [5.41, 5.74) is 10.2. The van der Waals surface area contributed by atoms with Gasteiger partial charge in [0.2, 0.25) is 0 Å². The smallest absolute Gasteiger partial charge is 0.0702 e. The largest absolute Gasteiger partial charge is 0.377 e. The molecule has 19 heavy (non-hydrogen) atoms. The Morgan fingerprint density at radius 2 is 1.95 bits per heavy atom. The van der Waals surface area contributed by atoms with Crippen LogP contribution in [0, 0.1) is 13.8 Å². The van der Waals surface area contributed by atoms with E-state index < -0.39 is 0 Å². The second-order valence-electron chi connectivity index (χ2n) is 5.90. The van der Waals surface area contributed by atoms with Gasteiger partial charge in [0.15, 0.2) is 0 Å². The summed E-state index contributed by atoms with van der Waals surface area (Å²) >= 11 is 0. The fraction of sp³-hybridized carbons (Fsp3) is 0.625. The topological polar surface area (TPSA) is 38.5 Å². The fourth-order valence-corrected chi connectivity index (χ4v) is 3.07. The van der Waals surface area contributed by atoms with Crippen LogP contribution >= 0.6 is 0 Å². The molecule has 1 aliphatic heterocycles. The predicted molar refractivity (Wildman–Crippen MR) is 79.3 cm³/mol. The summed E-state index contributed by atoms with van der Waals surface area (Å²) in [6.07, 6.45) is 1.42. The first-order valence-corrected chi connectivity index (χ1v) is 7.13. The number of benzene rings is 1. The third kappa shape index (κ3) is 3.56. The summed E-state index contributed by atoms with van der Waals surface area (Å²) in [5, 5.41) is 0. The second-order valence-corrected chi connectivity index (χ2v) is 5.90. The zero-order valence-electron chi connectivity index (χ0n) is 12.5. The molecule has 1 heterocycles. The average molecular weight is 262 g/mol. The fourth-order valence-electron chi connectivity index (χ4n) is 3.07. The molecular weight excluding hydrogens is 236 g/mol. The van der Waals surface area contributed by atoms with Crippen molar-refractivity contribution in [2.45, 2.75) is 45.4 Å². The van der Waals surface area contributed by atoms with Crippen molar-refractivity contribution in [2.75, 3.05) is 20.2 Å². The lowest BCUT2D eigenvalue weighted by Gasteiger charge is -2.29. The molecule has 3 heteroatoms. The lowest BCUT2D eigenvalue weighted by atomic mass is 10.0. The first-order valence-electron chi connectivity index (χ1n) is 7.13. The zero-order valence-corrected chi connectivity index (χ0v) is 12.5. The molecular formula is C16H26N2O. The Kier molecular flexibility index (Phi) is 4.61. The number of ether oxygens (including phenoxy) is 1. The van der Waals surface area contributed by atoms with Gasteiger partial charge in [-0.05, 0) is 39.8 Å². The molecule has 0 saturated carbocycles. The highest BCUT2D eigenvalue weighted by molar-refractivity contribution is 5.30. The van der Waals surface area contributed by atoms with Crippen LogP contribution in [-0.4, -0.2) is 37.2 Å². The molecule has 3 nitrogen and oxygen atoms in total. The van der Waals surface area contributed by atoms with Crippen LogP contribution in [0.2, 0.25) is 0 Å². The highest BCUT2D eigenvalue weighted by atomic mass is 16.5. The number of likely N-dealkylation sites (N-methyl/N-ethyl adjacent to an activating group) is 1. The second kappa shape index (κ2) is 6.04. The van der Waals surface area contributed by atoms with Crippen molar-refractivity contribution < 1.29 is 4.74 Å². The van der Waals surface area contributed by atoms with Gasteiger partial charge in [0.05, 0.1) is 6.10 Å². The van der Waals surface area contributed by atoms with Crippen molar-refractivity contribution in [1.29, 1.82) is 0 Å². The minimum atomic E-state index is 0.0661. The van der Waals surface area contributed by atoms with E-state index in [1.165, 1.54) is 16.7 Å². The Morgan fingerprint density at radius 1 is 1.32 bits per heavy atom. The molecule has 3 atom stereocenters. The summed E-state index contributed by atoms with van der Waals surface area (Å²) < 4.78 is 5.63. The van der Waals surface area contributed by atoms with E-state index in [9.17, 15) is 0 Å². The number of hydrogen-bond acceptors (Lipinski definition) is 3. The minimum absolute atomic E-state index is 0.0661. The highest BCUT2D eigenvalue weighted by Crippen LogP contribution is 2.21. The monoisotopic (exact) mass is 262 g/mol. The van der Waals surface area contributed by atoms with Crippen LogP contribution in [0.25, 0.3) is 0 Å². The average Bonchev–Trinajstić information content (AvgIpc) is 2.74. The van der Waals surface area contributed by atoms with Crippen LogP contribution in [0.5, 0.6) is 0 Å². The lowest BCUT2D eigenvalue weighted by Crippen LogP contribution is -2.40. The Balaban J connectivity index is 2.01. The molecule has 1 aliphatic rings. The van der Waals surface area contributed by atoms with Crippen LogP contribution in [0.1, 0.15) is 36.1 Å². The van der Waals surface area contributed by atoms with Crippen molar-refractivity contribution in [3.63, 3.8) is 0 Å². The molecule has 1 aromatic carbocycles. The minimum Gasteiger partial charge on any atom is -0.377 e. The summed E-state index contributed by atoms with van der Waals surface area (Å²) in [4.78, 5) is 2.35. The van der Waals surface area contributed by atoms with Gasteiger partial charge in [-0.25, -0.2) is 0 Å². The first-order chi connectivity index (χ1) is 8.97. The van der Waals surface area contributed by atoms with Crippen LogP contribution in [0.3, 0.4) is 0 Å². The molecule has 2 rings (SSSR count). The Hall–Kier alpha value is -0.900. The van der Waals surface area contributed by atoms with Crippen molar-refractivity contribution in [3.8, 4) is 0 Å². The molecule has 0 radical (unpaired) electrons. The number of nitrogens with zero attached hydrogens (tertiary/aromatic N) is 1. The summed E-state index contributed by atoms with van der Waals surface area (Å²) in [6, 6.07) is 7.14. The van der Waals surface area contributed by atoms with Crippen LogP contribution in [0.15, 0.2) is 18.2 Å². The molecule has 1 aromatic rings. The van der Waals surface area contributed by atoms with Gasteiger partial charge in [-0.2, -0.15) is 0 Å². The number of hydrogen-bond donors (Lipinski definition) is 1. The maximum absolute atomic E-state index is 6.36. The summed E-state index contributed by atoms with van der Waals surface area (Å²) in [7, 11) is 2.15. The van der Waals surface area contributed by atoms with Gasteiger partial charge in [-0.1, -0.05) is 29.3 Å². The third-order valence-electron chi connectivity index (χ3n) is 4.06. The maximum atomic E-state index is 6.36. The van der Waals surface area contributed by atoms with E-state index >= 15 is 0 Å². The van der Waals surface area contributed by atoms with Crippen LogP contribution < -0.4 is 5.73 Å². The van der Waals surface area contributed by atoms with Crippen molar-refractivity contribution >= 4 is 0 Å². The molecule has 1 saturated heterocycles. The normalized spacial score (nSPS) is 24.9. The van der Waals surface area contributed by atoms with Gasteiger partial charge < -0.3 is 10.5 Å². The van der Waals surface area contributed by atoms with E-state index in [0.29, 0.717) is 12.1 Å². The van der Waals surface area contributed by atoms with Gasteiger partial charge in [0.1, 0.15) is 0 Å². The zero-order chi connectivity index (χ0) is 14.0. The standard InChI is InChI=1S/C16H26N2O/c1-11-7-12(2)9-14(8-11)15(17)10-18(4)16-5-6-19-13(16)3/h7-9,13,15-16H,5-6,10,17H2,1-4H3. The highest BCUT2D eigenvalue weighted by Gasteiger charge is 2.28. The van der Waals surface area contributed by atoms with Gasteiger partial charge in [0, 0.05) is 25.2 Å². The molecule has 0 spiro atoms. The van der Waals surface area contributed by atoms with E-state index in [2.05, 4.69) is 50.9 Å². The molecule has 2 N–H and O–H groups in total. The third-order valence-corrected chi connectivity index (χ3v) is 4.06. The molecule has 1 fully saturated rings.